The fraction of sp³-hybridized carbons (Fsp3) is 0.435. The number of carbonyl (C=O) groups excluding carboxylic acids is 1. The van der Waals surface area contributed by atoms with Crippen molar-refractivity contribution >= 4 is 11.7 Å². The van der Waals surface area contributed by atoms with Crippen molar-refractivity contribution in [1.29, 1.82) is 0 Å². The van der Waals surface area contributed by atoms with Crippen LogP contribution in [0.3, 0.4) is 0 Å². The number of likely N-dealkylation sites (tertiary alicyclic amines) is 1. The van der Waals surface area contributed by atoms with Gasteiger partial charge < -0.3 is 14.4 Å². The highest BCUT2D eigenvalue weighted by Gasteiger charge is 2.29. The Balaban J connectivity index is 1.60. The van der Waals surface area contributed by atoms with Crippen LogP contribution in [0.2, 0.25) is 0 Å². The van der Waals surface area contributed by atoms with Gasteiger partial charge in [-0.25, -0.2) is 14.3 Å². The molecule has 158 valence electrons. The number of aromatic nitrogens is 3. The van der Waals surface area contributed by atoms with Crippen LogP contribution in [0.5, 0.6) is 5.75 Å². The van der Waals surface area contributed by atoms with Gasteiger partial charge in [-0.3, -0.25) is 0 Å². The van der Waals surface area contributed by atoms with Gasteiger partial charge in [0.15, 0.2) is 5.65 Å². The Kier molecular flexibility index (Phi) is 5.37. The lowest BCUT2D eigenvalue weighted by Crippen LogP contribution is -2.42. The fourth-order valence-electron chi connectivity index (χ4n) is 3.84. The summed E-state index contributed by atoms with van der Waals surface area (Å²) in [5, 5.41) is 4.82. The third-order valence-corrected chi connectivity index (χ3v) is 5.26. The predicted octanol–water partition coefficient (Wildman–Crippen LogP) is 4.52. The lowest BCUT2D eigenvalue weighted by Gasteiger charge is -2.34. The largest absolute Gasteiger partial charge is 0.497 e. The van der Waals surface area contributed by atoms with E-state index in [0.717, 1.165) is 47.7 Å². The molecule has 1 atom stereocenters. The topological polar surface area (TPSA) is 69.0 Å². The highest BCUT2D eigenvalue weighted by atomic mass is 16.6. The molecule has 0 N–H and O–H groups in total. The number of amides is 1. The highest BCUT2D eigenvalue weighted by Crippen LogP contribution is 2.29. The van der Waals surface area contributed by atoms with E-state index in [1.807, 2.05) is 67.9 Å². The van der Waals surface area contributed by atoms with Crippen molar-refractivity contribution < 1.29 is 14.3 Å². The molecule has 0 bridgehead atoms. The zero-order chi connectivity index (χ0) is 21.3. The Morgan fingerprint density at radius 1 is 1.17 bits per heavy atom. The van der Waals surface area contributed by atoms with Crippen LogP contribution in [0.1, 0.15) is 45.2 Å². The van der Waals surface area contributed by atoms with Crippen molar-refractivity contribution in [2.45, 2.75) is 45.1 Å². The summed E-state index contributed by atoms with van der Waals surface area (Å²) in [5.41, 5.74) is 3.23. The van der Waals surface area contributed by atoms with Gasteiger partial charge in [0, 0.05) is 36.8 Å². The summed E-state index contributed by atoms with van der Waals surface area (Å²) in [6, 6.07) is 11.8. The molecule has 3 aromatic rings. The maximum absolute atomic E-state index is 12.6. The number of carbonyl (C=O) groups is 1. The Morgan fingerprint density at radius 3 is 2.63 bits per heavy atom. The lowest BCUT2D eigenvalue weighted by molar-refractivity contribution is 0.0196. The van der Waals surface area contributed by atoms with E-state index >= 15 is 0 Å². The maximum Gasteiger partial charge on any atom is 0.410 e. The van der Waals surface area contributed by atoms with Gasteiger partial charge in [0.2, 0.25) is 0 Å². The summed E-state index contributed by atoms with van der Waals surface area (Å²) in [5.74, 6) is 0.992. The quantitative estimate of drug-likeness (QED) is 0.637. The third kappa shape index (κ3) is 4.25. The number of benzene rings is 1. The zero-order valence-corrected chi connectivity index (χ0v) is 18.0. The van der Waals surface area contributed by atoms with Gasteiger partial charge in [-0.2, -0.15) is 5.10 Å². The first kappa shape index (κ1) is 20.2. The number of methoxy groups -OCH3 is 1. The Labute approximate surface area is 176 Å². The molecular formula is C23H28N4O3. The van der Waals surface area contributed by atoms with Crippen molar-refractivity contribution in [2.24, 2.45) is 0 Å². The van der Waals surface area contributed by atoms with Crippen LogP contribution in [0.4, 0.5) is 4.79 Å². The molecule has 1 saturated heterocycles. The zero-order valence-electron chi connectivity index (χ0n) is 18.0. The molecule has 0 saturated carbocycles. The monoisotopic (exact) mass is 408 g/mol. The minimum Gasteiger partial charge on any atom is -0.497 e. The van der Waals surface area contributed by atoms with Gasteiger partial charge in [-0.15, -0.1) is 0 Å². The molecule has 0 spiro atoms. The molecule has 1 aliphatic rings. The van der Waals surface area contributed by atoms with E-state index in [-0.39, 0.29) is 12.0 Å². The normalized spacial score (nSPS) is 17.2. The van der Waals surface area contributed by atoms with Gasteiger partial charge in [0.05, 0.1) is 18.5 Å². The number of hydrogen-bond acceptors (Lipinski definition) is 5. The smallest absolute Gasteiger partial charge is 0.410 e. The van der Waals surface area contributed by atoms with E-state index in [4.69, 9.17) is 14.6 Å². The third-order valence-electron chi connectivity index (χ3n) is 5.26. The number of piperidine rings is 1. The molecule has 1 aromatic carbocycles. The second kappa shape index (κ2) is 7.97. The van der Waals surface area contributed by atoms with Crippen LogP contribution >= 0.6 is 0 Å². The summed E-state index contributed by atoms with van der Waals surface area (Å²) >= 11 is 0. The molecule has 3 heterocycles. The van der Waals surface area contributed by atoms with Gasteiger partial charge in [-0.05, 0) is 63.9 Å². The number of hydrogen-bond donors (Lipinski definition) is 0. The fourth-order valence-corrected chi connectivity index (χ4v) is 3.84. The predicted molar refractivity (Wildman–Crippen MR) is 115 cm³/mol. The Hall–Kier alpha value is -3.09. The number of ether oxygens (including phenoxy) is 2. The molecule has 1 fully saturated rings. The lowest BCUT2D eigenvalue weighted by atomic mass is 9.95. The van der Waals surface area contributed by atoms with Crippen LogP contribution in [-0.2, 0) is 4.74 Å². The standard InChI is InChI=1S/C23H28N4O3/c1-23(2,3)30-22(28)26-13-5-6-17(15-26)20-11-12-24-21-14-19(25-27(20)21)16-7-9-18(29-4)10-8-16/h7-12,14,17H,5-6,13,15H2,1-4H3/t17-/m0/s1. The van der Waals surface area contributed by atoms with Crippen LogP contribution in [0.25, 0.3) is 16.9 Å². The van der Waals surface area contributed by atoms with E-state index in [2.05, 4.69) is 4.98 Å². The Morgan fingerprint density at radius 2 is 1.93 bits per heavy atom. The van der Waals surface area contributed by atoms with Gasteiger partial charge in [-0.1, -0.05) is 0 Å². The molecule has 2 aromatic heterocycles. The summed E-state index contributed by atoms with van der Waals surface area (Å²) in [7, 11) is 1.65. The minimum atomic E-state index is -0.497. The van der Waals surface area contributed by atoms with Crippen molar-refractivity contribution in [3.63, 3.8) is 0 Å². The molecular weight excluding hydrogens is 380 g/mol. The van der Waals surface area contributed by atoms with Crippen LogP contribution in [-0.4, -0.2) is 51.4 Å². The molecule has 0 unspecified atom stereocenters. The van der Waals surface area contributed by atoms with Crippen molar-refractivity contribution in [3.8, 4) is 17.0 Å². The highest BCUT2D eigenvalue weighted by molar-refractivity contribution is 5.68. The van der Waals surface area contributed by atoms with Gasteiger partial charge in [0.1, 0.15) is 11.4 Å². The van der Waals surface area contributed by atoms with E-state index < -0.39 is 5.60 Å². The van der Waals surface area contributed by atoms with Gasteiger partial charge >= 0.3 is 6.09 Å². The van der Waals surface area contributed by atoms with E-state index in [1.165, 1.54) is 0 Å². The summed E-state index contributed by atoms with van der Waals surface area (Å²) in [6.45, 7) is 7.01. The maximum atomic E-state index is 12.6. The average Bonchev–Trinajstić information content (AvgIpc) is 3.17. The molecule has 7 heteroatoms. The van der Waals surface area contributed by atoms with Crippen LogP contribution < -0.4 is 4.74 Å². The number of fused-ring (bicyclic) bond motifs is 1. The van der Waals surface area contributed by atoms with E-state index in [0.29, 0.717) is 6.54 Å². The first-order valence-corrected chi connectivity index (χ1v) is 10.3. The molecule has 7 nitrogen and oxygen atoms in total. The van der Waals surface area contributed by atoms with E-state index in [9.17, 15) is 4.79 Å². The van der Waals surface area contributed by atoms with Crippen molar-refractivity contribution in [1.82, 2.24) is 19.5 Å². The molecule has 30 heavy (non-hydrogen) atoms. The molecule has 1 amide bonds. The number of nitrogens with zero attached hydrogens (tertiary/aromatic N) is 4. The van der Waals surface area contributed by atoms with Crippen molar-refractivity contribution in [2.75, 3.05) is 20.2 Å². The van der Waals surface area contributed by atoms with E-state index in [1.54, 1.807) is 12.0 Å². The Bertz CT molecular complexity index is 1040. The summed E-state index contributed by atoms with van der Waals surface area (Å²) in [6.07, 6.45) is 3.49. The number of rotatable bonds is 3. The first-order valence-electron chi connectivity index (χ1n) is 10.3. The second-order valence-corrected chi connectivity index (χ2v) is 8.66. The first-order chi connectivity index (χ1) is 14.3. The summed E-state index contributed by atoms with van der Waals surface area (Å²) in [4.78, 5) is 18.8. The van der Waals surface area contributed by atoms with Crippen LogP contribution in [0.15, 0.2) is 42.6 Å². The SMILES string of the molecule is COc1ccc(-c2cc3nccc([C@H]4CCCN(C(=O)OC(C)(C)C)C4)n3n2)cc1. The molecule has 0 radical (unpaired) electrons. The molecule has 1 aliphatic heterocycles. The molecule has 4 rings (SSSR count). The average molecular weight is 409 g/mol. The van der Waals surface area contributed by atoms with Crippen LogP contribution in [0, 0.1) is 0 Å². The molecule has 0 aliphatic carbocycles. The van der Waals surface area contributed by atoms with Gasteiger partial charge in [0.25, 0.3) is 0 Å². The summed E-state index contributed by atoms with van der Waals surface area (Å²) < 4.78 is 12.7. The van der Waals surface area contributed by atoms with Crippen molar-refractivity contribution in [3.05, 3.63) is 48.3 Å². The second-order valence-electron chi connectivity index (χ2n) is 8.66. The minimum absolute atomic E-state index is 0.181.